The Morgan fingerprint density at radius 3 is 2.70 bits per heavy atom. The van der Waals surface area contributed by atoms with Gasteiger partial charge in [0.1, 0.15) is 12.4 Å². The third kappa shape index (κ3) is 4.26. The number of amides is 1. The number of carbonyl (C=O) groups is 1. The van der Waals surface area contributed by atoms with E-state index in [1.54, 1.807) is 18.3 Å². The summed E-state index contributed by atoms with van der Waals surface area (Å²) >= 11 is 0. The minimum Gasteiger partial charge on any atom is -0.489 e. The first-order valence-corrected chi connectivity index (χ1v) is 9.47. The molecule has 158 valence electrons. The van der Waals surface area contributed by atoms with Gasteiger partial charge in [-0.2, -0.15) is 13.2 Å². The van der Waals surface area contributed by atoms with Crippen LogP contribution >= 0.6 is 0 Å². The van der Waals surface area contributed by atoms with Crippen LogP contribution in [0.15, 0.2) is 66.0 Å². The monoisotopic (exact) mass is 416 g/mol. The quantitative estimate of drug-likeness (QED) is 0.479. The molecule has 0 spiro atoms. The molecule has 0 radical (unpaired) electrons. The van der Waals surface area contributed by atoms with Crippen molar-refractivity contribution in [2.24, 2.45) is 5.92 Å². The number of halogens is 3. The number of rotatable bonds is 5. The number of benzene rings is 2. The molecule has 2 N–H and O–H groups in total. The van der Waals surface area contributed by atoms with Crippen LogP contribution in [0.1, 0.15) is 27.3 Å². The second-order valence-corrected chi connectivity index (χ2v) is 7.32. The molecule has 0 saturated heterocycles. The van der Waals surface area contributed by atoms with Gasteiger partial charge in [0.15, 0.2) is 0 Å². The largest absolute Gasteiger partial charge is 0.489 e. The first-order valence-electron chi connectivity index (χ1n) is 9.47. The number of anilines is 1. The van der Waals surface area contributed by atoms with E-state index in [4.69, 9.17) is 4.74 Å². The molecule has 0 saturated carbocycles. The van der Waals surface area contributed by atoms with E-state index in [2.05, 4.69) is 16.0 Å². The SMILES string of the molecule is C[C@@H]1C=C=C(C(=O)Nc2c[nH]c3ccc(OCc4ccc(C(F)(F)F)cc4)cc23)C1.[HH].[HH]. The van der Waals surface area contributed by atoms with Crippen molar-refractivity contribution in [2.45, 2.75) is 26.1 Å². The minimum absolute atomic E-state index is 0. The van der Waals surface area contributed by atoms with Gasteiger partial charge in [-0.25, -0.2) is 0 Å². The van der Waals surface area contributed by atoms with E-state index >= 15 is 0 Å². The normalized spacial score (nSPS) is 16.0. The number of H-pyrrole nitrogens is 1. The van der Waals surface area contributed by atoms with Crippen LogP contribution in [0, 0.1) is 5.92 Å². The van der Waals surface area contributed by atoms with Crippen molar-refractivity contribution in [3.05, 3.63) is 77.2 Å². The Labute approximate surface area is 174 Å². The summed E-state index contributed by atoms with van der Waals surface area (Å²) in [4.78, 5) is 15.5. The summed E-state index contributed by atoms with van der Waals surface area (Å²) in [6.07, 6.45) is -0.0974. The van der Waals surface area contributed by atoms with E-state index in [-0.39, 0.29) is 15.4 Å². The van der Waals surface area contributed by atoms with E-state index in [0.29, 0.717) is 34.9 Å². The van der Waals surface area contributed by atoms with Crippen LogP contribution in [0.2, 0.25) is 0 Å². The Hall–Kier alpha value is -3.44. The number of nitrogens with one attached hydrogen (secondary N) is 2. The smallest absolute Gasteiger partial charge is 0.416 e. The highest BCUT2D eigenvalue weighted by molar-refractivity contribution is 6.08. The Kier molecular flexibility index (Phi) is 5.14. The van der Waals surface area contributed by atoms with Gasteiger partial charge in [0.2, 0.25) is 0 Å². The lowest BCUT2D eigenvalue weighted by atomic mass is 10.1. The molecule has 0 aliphatic heterocycles. The summed E-state index contributed by atoms with van der Waals surface area (Å²) in [5, 5.41) is 3.68. The van der Waals surface area contributed by atoms with Crippen molar-refractivity contribution in [2.75, 3.05) is 5.32 Å². The Bertz CT molecular complexity index is 1160. The molecule has 3 aromatic rings. The van der Waals surface area contributed by atoms with Gasteiger partial charge < -0.3 is 15.0 Å². The zero-order chi connectivity index (χ0) is 21.3. The van der Waals surface area contributed by atoms with E-state index < -0.39 is 11.7 Å². The number of aromatic nitrogens is 1. The molecule has 30 heavy (non-hydrogen) atoms. The van der Waals surface area contributed by atoms with Gasteiger partial charge >= 0.3 is 6.18 Å². The second-order valence-electron chi connectivity index (χ2n) is 7.32. The number of fused-ring (bicyclic) bond motifs is 1. The summed E-state index contributed by atoms with van der Waals surface area (Å²) in [6, 6.07) is 10.2. The molecule has 1 atom stereocenters. The predicted octanol–water partition coefficient (Wildman–Crippen LogP) is 6.32. The molecular formula is C23H23F3N2O2. The van der Waals surface area contributed by atoms with Gasteiger partial charge in [-0.05, 0) is 54.3 Å². The summed E-state index contributed by atoms with van der Waals surface area (Å²) in [5.41, 5.74) is 5.01. The third-order valence-corrected chi connectivity index (χ3v) is 4.93. The van der Waals surface area contributed by atoms with Crippen molar-refractivity contribution in [3.8, 4) is 5.75 Å². The number of carbonyl (C=O) groups excluding carboxylic acids is 1. The van der Waals surface area contributed by atoms with E-state index in [0.717, 1.165) is 23.0 Å². The zero-order valence-corrected chi connectivity index (χ0v) is 16.1. The van der Waals surface area contributed by atoms with E-state index in [1.165, 1.54) is 12.1 Å². The third-order valence-electron chi connectivity index (χ3n) is 4.93. The topological polar surface area (TPSA) is 54.1 Å². The maximum atomic E-state index is 12.7. The highest BCUT2D eigenvalue weighted by Gasteiger charge is 2.29. The summed E-state index contributed by atoms with van der Waals surface area (Å²) in [7, 11) is 0. The minimum atomic E-state index is -4.36. The van der Waals surface area contributed by atoms with Crippen LogP contribution in [0.25, 0.3) is 10.9 Å². The Balaban J connectivity index is 0.00000181. The molecule has 0 bridgehead atoms. The molecule has 1 amide bonds. The summed E-state index contributed by atoms with van der Waals surface area (Å²) in [6.45, 7) is 2.16. The maximum Gasteiger partial charge on any atom is 0.416 e. The summed E-state index contributed by atoms with van der Waals surface area (Å²) < 4.78 is 43.7. The fraction of sp³-hybridized carbons (Fsp3) is 0.217. The van der Waals surface area contributed by atoms with Gasteiger partial charge in [-0.3, -0.25) is 4.79 Å². The van der Waals surface area contributed by atoms with E-state index in [1.807, 2.05) is 19.1 Å². The van der Waals surface area contributed by atoms with Crippen LogP contribution in [0.4, 0.5) is 18.9 Å². The molecule has 7 heteroatoms. The first-order chi connectivity index (χ1) is 14.3. The van der Waals surface area contributed by atoms with Crippen LogP contribution in [-0.2, 0) is 17.6 Å². The molecule has 1 heterocycles. The first kappa shape index (κ1) is 19.9. The van der Waals surface area contributed by atoms with Gasteiger partial charge in [-0.1, -0.05) is 19.1 Å². The Morgan fingerprint density at radius 1 is 1.27 bits per heavy atom. The molecule has 1 aliphatic rings. The van der Waals surface area contributed by atoms with Crippen molar-refractivity contribution in [1.29, 1.82) is 0 Å². The molecule has 4 nitrogen and oxygen atoms in total. The second kappa shape index (κ2) is 7.76. The predicted molar refractivity (Wildman–Crippen MR) is 112 cm³/mol. The summed E-state index contributed by atoms with van der Waals surface area (Å²) in [5.74, 6) is 0.664. The highest BCUT2D eigenvalue weighted by atomic mass is 19.4. The van der Waals surface area contributed by atoms with Gasteiger partial charge in [-0.15, -0.1) is 5.73 Å². The van der Waals surface area contributed by atoms with Crippen molar-refractivity contribution in [3.63, 3.8) is 0 Å². The number of ether oxygens (including phenoxy) is 1. The average molecular weight is 416 g/mol. The molecule has 1 aromatic heterocycles. The molecule has 2 aromatic carbocycles. The lowest BCUT2D eigenvalue weighted by Crippen LogP contribution is -2.13. The Morgan fingerprint density at radius 2 is 2.03 bits per heavy atom. The molecule has 1 aliphatic carbocycles. The lowest BCUT2D eigenvalue weighted by molar-refractivity contribution is -0.137. The van der Waals surface area contributed by atoms with Crippen LogP contribution in [0.3, 0.4) is 0 Å². The fourth-order valence-electron chi connectivity index (χ4n) is 3.29. The van der Waals surface area contributed by atoms with Crippen molar-refractivity contribution >= 4 is 22.5 Å². The van der Waals surface area contributed by atoms with Gasteiger partial charge in [0, 0.05) is 20.0 Å². The number of alkyl halides is 3. The molecule has 0 unspecified atom stereocenters. The molecule has 4 rings (SSSR count). The lowest BCUT2D eigenvalue weighted by Gasteiger charge is -2.10. The van der Waals surface area contributed by atoms with Crippen molar-refractivity contribution in [1.82, 2.24) is 4.98 Å². The molecular weight excluding hydrogens is 393 g/mol. The van der Waals surface area contributed by atoms with Crippen LogP contribution < -0.4 is 10.1 Å². The standard InChI is InChI=1S/C23H19F3N2O2.2H2/c1-14-2-5-16(10-14)22(29)28-21-12-27-20-9-8-18(11-19(20)21)30-13-15-3-6-17(7-4-15)23(24,25)26;;/h2-4,6-9,11-12,14,27H,10,13H2,1H3,(H,28,29);2*1H/t14-;;/m1../s1. The highest BCUT2D eigenvalue weighted by Crippen LogP contribution is 2.30. The maximum absolute atomic E-state index is 12.7. The number of hydrogen-bond donors (Lipinski definition) is 2. The number of aromatic amines is 1. The van der Waals surface area contributed by atoms with Crippen LogP contribution in [0.5, 0.6) is 5.75 Å². The molecule has 0 fully saturated rings. The fourth-order valence-corrected chi connectivity index (χ4v) is 3.29. The number of hydrogen-bond acceptors (Lipinski definition) is 2. The van der Waals surface area contributed by atoms with E-state index in [9.17, 15) is 18.0 Å². The zero-order valence-electron chi connectivity index (χ0n) is 16.1. The van der Waals surface area contributed by atoms with Crippen LogP contribution in [-0.4, -0.2) is 10.9 Å². The average Bonchev–Trinajstić information content (AvgIpc) is 3.32. The van der Waals surface area contributed by atoms with Gasteiger partial charge in [0.25, 0.3) is 5.91 Å². The van der Waals surface area contributed by atoms with Gasteiger partial charge in [0.05, 0.1) is 16.8 Å². The van der Waals surface area contributed by atoms with Crippen molar-refractivity contribution < 1.29 is 25.6 Å².